The Hall–Kier alpha value is -0.910. The van der Waals surface area contributed by atoms with Gasteiger partial charge < -0.3 is 16.4 Å². The van der Waals surface area contributed by atoms with E-state index in [0.29, 0.717) is 37.1 Å². The van der Waals surface area contributed by atoms with Gasteiger partial charge in [0.05, 0.1) is 18.4 Å². The predicted octanol–water partition coefficient (Wildman–Crippen LogP) is 1.19. The molecule has 0 spiro atoms. The summed E-state index contributed by atoms with van der Waals surface area (Å²) in [6.07, 6.45) is 6.38. The molecule has 5 N–H and O–H groups in total. The van der Waals surface area contributed by atoms with E-state index in [1.54, 1.807) is 0 Å². The number of amides is 1. The van der Waals surface area contributed by atoms with Crippen molar-refractivity contribution in [2.45, 2.75) is 63.2 Å². The molecule has 4 aliphatic rings. The summed E-state index contributed by atoms with van der Waals surface area (Å²) in [4.78, 5) is 15.0. The first-order chi connectivity index (χ1) is 14.5. The van der Waals surface area contributed by atoms with Gasteiger partial charge in [0.15, 0.2) is 0 Å². The van der Waals surface area contributed by atoms with Crippen molar-refractivity contribution in [2.24, 2.45) is 34.8 Å². The average Bonchev–Trinajstić information content (AvgIpc) is 3.43. The van der Waals surface area contributed by atoms with Crippen molar-refractivity contribution >= 4 is 17.5 Å². The third kappa shape index (κ3) is 4.63. The summed E-state index contributed by atoms with van der Waals surface area (Å²) in [5.74, 6) is 1.82. The Morgan fingerprint density at radius 3 is 2.80 bits per heavy atom. The number of likely N-dealkylation sites (tertiary alicyclic amines) is 1. The van der Waals surface area contributed by atoms with E-state index in [0.717, 1.165) is 39.0 Å². The Kier molecular flexibility index (Phi) is 6.91. The van der Waals surface area contributed by atoms with E-state index >= 15 is 0 Å². The van der Waals surface area contributed by atoms with Crippen LogP contribution in [0.3, 0.4) is 0 Å². The molecule has 2 heterocycles. The zero-order chi connectivity index (χ0) is 21.3. The van der Waals surface area contributed by atoms with Gasteiger partial charge in [-0.2, -0.15) is 5.26 Å². The minimum Gasteiger partial charge on any atom is -0.354 e. The second-order valence-corrected chi connectivity index (χ2v) is 10.7. The number of halogens is 1. The Bertz CT molecular complexity index is 665. The smallest absolute Gasteiger partial charge is 0.240 e. The highest BCUT2D eigenvalue weighted by molar-refractivity contribution is 6.20. The van der Waals surface area contributed by atoms with Gasteiger partial charge in [0.2, 0.25) is 5.91 Å². The van der Waals surface area contributed by atoms with Crippen molar-refractivity contribution in [2.75, 3.05) is 32.7 Å². The summed E-state index contributed by atoms with van der Waals surface area (Å²) in [5.41, 5.74) is 5.18. The first-order valence-electron chi connectivity index (χ1n) is 11.7. The number of nitrogens with two attached hydrogens (primary N) is 1. The number of hydrogen-bond acceptors (Lipinski definition) is 6. The lowest BCUT2D eigenvalue weighted by atomic mass is 9.80. The molecule has 8 heteroatoms. The normalized spacial score (nSPS) is 41.2. The lowest BCUT2D eigenvalue weighted by Gasteiger charge is -2.47. The number of nitrogens with one attached hydrogen (secondary N) is 3. The van der Waals surface area contributed by atoms with Crippen molar-refractivity contribution < 1.29 is 4.79 Å². The van der Waals surface area contributed by atoms with Crippen LogP contribution < -0.4 is 21.7 Å². The average molecular weight is 437 g/mol. The predicted molar refractivity (Wildman–Crippen MR) is 117 cm³/mol. The maximum absolute atomic E-state index is 12.5. The zero-order valence-corrected chi connectivity index (χ0v) is 18.8. The van der Waals surface area contributed by atoms with Gasteiger partial charge in [-0.3, -0.25) is 15.0 Å². The molecule has 0 aromatic carbocycles. The van der Waals surface area contributed by atoms with Crippen molar-refractivity contribution in [1.82, 2.24) is 20.9 Å². The van der Waals surface area contributed by atoms with E-state index in [4.69, 9.17) is 17.3 Å². The van der Waals surface area contributed by atoms with Crippen LogP contribution in [0.2, 0.25) is 0 Å². The molecule has 2 saturated heterocycles. The first kappa shape index (κ1) is 22.3. The van der Waals surface area contributed by atoms with Crippen LogP contribution in [0.15, 0.2) is 0 Å². The summed E-state index contributed by atoms with van der Waals surface area (Å²) < 4.78 is 0. The van der Waals surface area contributed by atoms with Crippen molar-refractivity contribution in [3.63, 3.8) is 0 Å². The molecule has 30 heavy (non-hydrogen) atoms. The number of nitriles is 1. The Morgan fingerprint density at radius 1 is 1.37 bits per heavy atom. The number of carbonyl (C=O) groups excluding carboxylic acids is 1. The molecule has 0 radical (unpaired) electrons. The number of rotatable bonds is 6. The first-order valence-corrected chi connectivity index (χ1v) is 12.2. The Balaban J connectivity index is 1.40. The van der Waals surface area contributed by atoms with Crippen LogP contribution in [0.25, 0.3) is 0 Å². The molecule has 1 amide bonds. The van der Waals surface area contributed by atoms with E-state index in [2.05, 4.69) is 33.8 Å². The fourth-order valence-electron chi connectivity index (χ4n) is 5.47. The van der Waals surface area contributed by atoms with E-state index in [-0.39, 0.29) is 29.5 Å². The third-order valence-corrected chi connectivity index (χ3v) is 8.58. The minimum atomic E-state index is -0.764. The summed E-state index contributed by atoms with van der Waals surface area (Å²) in [6.45, 7) is 6.47. The maximum atomic E-state index is 12.5. The Labute approximate surface area is 185 Å². The number of carbonyl (C=O) groups is 1. The third-order valence-electron chi connectivity index (χ3n) is 7.97. The van der Waals surface area contributed by atoms with Crippen molar-refractivity contribution in [1.29, 1.82) is 5.26 Å². The molecule has 6 unspecified atom stereocenters. The van der Waals surface area contributed by atoms with Crippen LogP contribution in [0, 0.1) is 40.4 Å². The fraction of sp³-hybridized carbons (Fsp3) is 0.909. The molecular formula is C22H37ClN6O. The highest BCUT2D eigenvalue weighted by atomic mass is 35.5. The zero-order valence-electron chi connectivity index (χ0n) is 18.1. The van der Waals surface area contributed by atoms with Gasteiger partial charge in [0, 0.05) is 37.5 Å². The highest BCUT2D eigenvalue weighted by Crippen LogP contribution is 2.45. The lowest BCUT2D eigenvalue weighted by Crippen LogP contribution is -2.67. The molecular weight excluding hydrogens is 400 g/mol. The van der Waals surface area contributed by atoms with Crippen LogP contribution in [-0.4, -0.2) is 61.2 Å². The van der Waals surface area contributed by atoms with Gasteiger partial charge in [0.1, 0.15) is 5.41 Å². The second kappa shape index (κ2) is 9.30. The molecule has 0 bridgehead atoms. The molecule has 4 rings (SSSR count). The van der Waals surface area contributed by atoms with Crippen molar-refractivity contribution in [3.05, 3.63) is 0 Å². The minimum absolute atomic E-state index is 0.0987. The summed E-state index contributed by atoms with van der Waals surface area (Å²) in [7, 11) is 0. The molecule has 0 aromatic rings. The standard InChI is InChI=1S/C22H37ClN6O/c1-14-2-3-16(8-18(14)23)19-26-10-17(11-27-21(30)22(13-25)5-6-22)20(28-19)29-7-4-15(9-24)12-29/h14-20,26,28H,2-12,24H2,1H3,(H,27,30)/t14?,15-,16?,17?,18?,19?,20?/m0/s1. The Morgan fingerprint density at radius 2 is 2.17 bits per heavy atom. The van der Waals surface area contributed by atoms with E-state index < -0.39 is 5.41 Å². The molecule has 4 fully saturated rings. The van der Waals surface area contributed by atoms with E-state index in [9.17, 15) is 10.1 Å². The molecule has 7 nitrogen and oxygen atoms in total. The van der Waals surface area contributed by atoms with Crippen LogP contribution in [0.1, 0.15) is 45.4 Å². The SMILES string of the molecule is CC1CCC(C2NCC(CNC(=O)C3(C#N)CC3)C(N3CC[C@@H](CN)C3)N2)CC1Cl. The van der Waals surface area contributed by atoms with Crippen molar-refractivity contribution in [3.8, 4) is 6.07 Å². The van der Waals surface area contributed by atoms with Crippen LogP contribution in [0.4, 0.5) is 0 Å². The second-order valence-electron chi connectivity index (χ2n) is 10.1. The largest absolute Gasteiger partial charge is 0.354 e. The van der Waals surface area contributed by atoms with Gasteiger partial charge in [-0.15, -0.1) is 11.6 Å². The topological polar surface area (TPSA) is 106 Å². The van der Waals surface area contributed by atoms with Gasteiger partial charge in [0.25, 0.3) is 0 Å². The number of nitrogens with zero attached hydrogens (tertiary/aromatic N) is 2. The van der Waals surface area contributed by atoms with Crippen LogP contribution in [-0.2, 0) is 4.79 Å². The molecule has 0 aromatic heterocycles. The van der Waals surface area contributed by atoms with Crippen LogP contribution in [0.5, 0.6) is 0 Å². The summed E-state index contributed by atoms with van der Waals surface area (Å²) in [5, 5.41) is 20.2. The van der Waals surface area contributed by atoms with Crippen LogP contribution >= 0.6 is 11.6 Å². The highest BCUT2D eigenvalue weighted by Gasteiger charge is 2.51. The van der Waals surface area contributed by atoms with E-state index in [1.165, 1.54) is 12.8 Å². The monoisotopic (exact) mass is 436 g/mol. The van der Waals surface area contributed by atoms with Gasteiger partial charge in [-0.25, -0.2) is 0 Å². The summed E-state index contributed by atoms with van der Waals surface area (Å²) in [6, 6.07) is 2.20. The molecule has 7 atom stereocenters. The maximum Gasteiger partial charge on any atom is 0.240 e. The molecule has 2 aliphatic carbocycles. The van der Waals surface area contributed by atoms with E-state index in [1.807, 2.05) is 0 Å². The molecule has 168 valence electrons. The van der Waals surface area contributed by atoms with Gasteiger partial charge in [-0.05, 0) is 62.8 Å². The number of hydrogen-bond donors (Lipinski definition) is 4. The van der Waals surface area contributed by atoms with Gasteiger partial charge >= 0.3 is 0 Å². The summed E-state index contributed by atoms with van der Waals surface area (Å²) >= 11 is 6.60. The molecule has 2 aliphatic heterocycles. The number of alkyl halides is 1. The lowest BCUT2D eigenvalue weighted by molar-refractivity contribution is -0.124. The molecule has 2 saturated carbocycles. The quantitative estimate of drug-likeness (QED) is 0.466. The fourth-order valence-corrected chi connectivity index (χ4v) is 5.83. The van der Waals surface area contributed by atoms with Gasteiger partial charge in [-0.1, -0.05) is 6.92 Å².